The first-order valence-electron chi connectivity index (χ1n) is 11.1. The normalized spacial score (nSPS) is 18.9. The first kappa shape index (κ1) is 22.8. The van der Waals surface area contributed by atoms with Crippen LogP contribution < -0.4 is 5.32 Å². The maximum atomic E-state index is 12.5. The summed E-state index contributed by atoms with van der Waals surface area (Å²) in [7, 11) is 1.41. The highest BCUT2D eigenvalue weighted by atomic mass is 16.7. The molecule has 8 heteroatoms. The number of hydrogen-bond acceptors (Lipinski definition) is 5. The maximum absolute atomic E-state index is 12.5. The van der Waals surface area contributed by atoms with Crippen LogP contribution in [0.1, 0.15) is 42.7 Å². The van der Waals surface area contributed by atoms with Crippen molar-refractivity contribution in [3.63, 3.8) is 0 Å². The Hall–Kier alpha value is -3.39. The Morgan fingerprint density at radius 2 is 1.67 bits per heavy atom. The number of nitrogens with one attached hydrogen (secondary N) is 1. The maximum Gasteiger partial charge on any atom is 0.407 e. The molecule has 2 amide bonds. The zero-order chi connectivity index (χ0) is 23.4. The predicted octanol–water partition coefficient (Wildman–Crippen LogP) is 3.56. The van der Waals surface area contributed by atoms with Gasteiger partial charge in [0.2, 0.25) is 5.91 Å². The number of amides is 2. The molecule has 0 bridgehead atoms. The summed E-state index contributed by atoms with van der Waals surface area (Å²) in [5.74, 6) is -1.29. The minimum absolute atomic E-state index is 0.0124. The number of aliphatic carboxylic acids is 1. The van der Waals surface area contributed by atoms with Gasteiger partial charge in [0.1, 0.15) is 6.61 Å². The van der Waals surface area contributed by atoms with Crippen LogP contribution in [0, 0.1) is 5.92 Å². The topological polar surface area (TPSA) is 105 Å². The smallest absolute Gasteiger partial charge is 0.407 e. The van der Waals surface area contributed by atoms with E-state index in [1.54, 1.807) is 0 Å². The molecule has 0 aliphatic heterocycles. The van der Waals surface area contributed by atoms with E-state index in [1.165, 1.54) is 29.3 Å². The third-order valence-electron chi connectivity index (χ3n) is 6.40. The average Bonchev–Trinajstić information content (AvgIpc) is 3.37. The van der Waals surface area contributed by atoms with Crippen molar-refractivity contribution in [1.29, 1.82) is 0 Å². The molecule has 0 aromatic heterocycles. The number of carboxylic acids is 1. The lowest BCUT2D eigenvalue weighted by atomic mass is 9.98. The van der Waals surface area contributed by atoms with Gasteiger partial charge in [-0.15, -0.1) is 0 Å². The van der Waals surface area contributed by atoms with Crippen LogP contribution in [0.25, 0.3) is 11.1 Å². The van der Waals surface area contributed by atoms with E-state index >= 15 is 0 Å². The number of carboxylic acid groups (broad SMARTS) is 1. The molecule has 2 atom stereocenters. The Bertz CT molecular complexity index is 994. The van der Waals surface area contributed by atoms with E-state index in [-0.39, 0.29) is 36.8 Å². The standard InChI is InChI=1S/C25H28N2O6/c1-27(33-15-24(29)30)23(28)13-16-10-11-17(12-16)26-25(31)32-14-22-20-8-4-2-6-18(20)19-7-3-5-9-21(19)22/h2-9,16-17,22H,10-15H2,1H3,(H,26,31)(H,29,30)/t16-,17+/m0/s1. The van der Waals surface area contributed by atoms with Crippen molar-refractivity contribution < 1.29 is 29.1 Å². The molecule has 0 unspecified atom stereocenters. The summed E-state index contributed by atoms with van der Waals surface area (Å²) in [6, 6.07) is 16.3. The summed E-state index contributed by atoms with van der Waals surface area (Å²) >= 11 is 0. The van der Waals surface area contributed by atoms with E-state index in [2.05, 4.69) is 29.6 Å². The molecule has 33 heavy (non-hydrogen) atoms. The third-order valence-corrected chi connectivity index (χ3v) is 6.40. The number of alkyl carbamates (subject to hydrolysis) is 1. The van der Waals surface area contributed by atoms with Crippen LogP contribution in [-0.4, -0.2) is 54.4 Å². The van der Waals surface area contributed by atoms with Gasteiger partial charge in [0, 0.05) is 25.4 Å². The van der Waals surface area contributed by atoms with Gasteiger partial charge in [-0.25, -0.2) is 14.7 Å². The molecular formula is C25H28N2O6. The fourth-order valence-corrected chi connectivity index (χ4v) is 4.80. The van der Waals surface area contributed by atoms with Crippen molar-refractivity contribution in [2.75, 3.05) is 20.3 Å². The number of carbonyl (C=O) groups is 3. The highest BCUT2D eigenvalue weighted by Gasteiger charge is 2.31. The molecule has 0 radical (unpaired) electrons. The van der Waals surface area contributed by atoms with Gasteiger partial charge in [-0.1, -0.05) is 48.5 Å². The Balaban J connectivity index is 1.25. The molecule has 2 aromatic rings. The largest absolute Gasteiger partial charge is 0.479 e. The van der Waals surface area contributed by atoms with Crippen molar-refractivity contribution in [2.24, 2.45) is 5.92 Å². The van der Waals surface area contributed by atoms with Gasteiger partial charge in [-0.2, -0.15) is 0 Å². The van der Waals surface area contributed by atoms with Gasteiger partial charge in [0.15, 0.2) is 6.61 Å². The number of benzene rings is 2. The summed E-state index contributed by atoms with van der Waals surface area (Å²) in [5, 5.41) is 12.5. The summed E-state index contributed by atoms with van der Waals surface area (Å²) in [6.45, 7) is -0.293. The van der Waals surface area contributed by atoms with E-state index in [1.807, 2.05) is 24.3 Å². The molecule has 2 aliphatic rings. The van der Waals surface area contributed by atoms with Crippen LogP contribution in [0.5, 0.6) is 0 Å². The lowest BCUT2D eigenvalue weighted by Crippen LogP contribution is -2.34. The Morgan fingerprint density at radius 1 is 1.03 bits per heavy atom. The average molecular weight is 453 g/mol. The first-order chi connectivity index (χ1) is 15.9. The molecule has 0 saturated heterocycles. The van der Waals surface area contributed by atoms with Crippen molar-refractivity contribution in [2.45, 2.75) is 37.6 Å². The summed E-state index contributed by atoms with van der Waals surface area (Å²) in [4.78, 5) is 40.1. The molecule has 1 fully saturated rings. The van der Waals surface area contributed by atoms with Crippen molar-refractivity contribution in [1.82, 2.24) is 10.4 Å². The quantitative estimate of drug-likeness (QED) is 0.594. The number of carbonyl (C=O) groups excluding carboxylic acids is 2. The van der Waals surface area contributed by atoms with Crippen molar-refractivity contribution in [3.05, 3.63) is 59.7 Å². The molecule has 174 valence electrons. The molecule has 0 heterocycles. The van der Waals surface area contributed by atoms with Crippen LogP contribution in [-0.2, 0) is 19.2 Å². The van der Waals surface area contributed by atoms with Gasteiger partial charge >= 0.3 is 12.1 Å². The second-order valence-corrected chi connectivity index (χ2v) is 8.61. The molecular weight excluding hydrogens is 424 g/mol. The molecule has 0 spiro atoms. The highest BCUT2D eigenvalue weighted by molar-refractivity contribution is 5.79. The van der Waals surface area contributed by atoms with Crippen LogP contribution in [0.4, 0.5) is 4.79 Å². The number of hydroxylamine groups is 2. The van der Waals surface area contributed by atoms with Crippen molar-refractivity contribution >= 4 is 18.0 Å². The summed E-state index contributed by atoms with van der Waals surface area (Å²) in [5.41, 5.74) is 4.70. The number of rotatable bonds is 8. The fourth-order valence-electron chi connectivity index (χ4n) is 4.80. The second kappa shape index (κ2) is 10.0. The zero-order valence-electron chi connectivity index (χ0n) is 18.5. The molecule has 2 aromatic carbocycles. The van der Waals surface area contributed by atoms with Crippen LogP contribution in [0.15, 0.2) is 48.5 Å². The first-order valence-corrected chi connectivity index (χ1v) is 11.1. The molecule has 4 rings (SSSR count). The minimum atomic E-state index is -1.14. The predicted molar refractivity (Wildman–Crippen MR) is 120 cm³/mol. The second-order valence-electron chi connectivity index (χ2n) is 8.61. The van der Waals surface area contributed by atoms with Gasteiger partial charge < -0.3 is 15.2 Å². The van der Waals surface area contributed by atoms with Gasteiger partial charge in [0.05, 0.1) is 0 Å². The monoisotopic (exact) mass is 452 g/mol. The molecule has 1 saturated carbocycles. The van der Waals surface area contributed by atoms with E-state index in [0.29, 0.717) is 6.42 Å². The van der Waals surface area contributed by atoms with Crippen molar-refractivity contribution in [3.8, 4) is 11.1 Å². The lowest BCUT2D eigenvalue weighted by Gasteiger charge is -2.18. The summed E-state index contributed by atoms with van der Waals surface area (Å²) in [6.07, 6.45) is 2.03. The van der Waals surface area contributed by atoms with E-state index in [4.69, 9.17) is 14.7 Å². The fraction of sp³-hybridized carbons (Fsp3) is 0.400. The molecule has 2 N–H and O–H groups in total. The highest BCUT2D eigenvalue weighted by Crippen LogP contribution is 2.44. The third kappa shape index (κ3) is 5.34. The lowest BCUT2D eigenvalue weighted by molar-refractivity contribution is -0.186. The van der Waals surface area contributed by atoms with Crippen LogP contribution in [0.2, 0.25) is 0 Å². The van der Waals surface area contributed by atoms with Crippen LogP contribution >= 0.6 is 0 Å². The number of hydrogen-bond donors (Lipinski definition) is 2. The number of nitrogens with zero attached hydrogens (tertiary/aromatic N) is 1. The summed E-state index contributed by atoms with van der Waals surface area (Å²) < 4.78 is 5.61. The number of ether oxygens (including phenoxy) is 1. The van der Waals surface area contributed by atoms with E-state index < -0.39 is 18.7 Å². The Morgan fingerprint density at radius 3 is 2.30 bits per heavy atom. The minimum Gasteiger partial charge on any atom is -0.479 e. The Kier molecular flexibility index (Phi) is 6.93. The number of fused-ring (bicyclic) bond motifs is 3. The van der Waals surface area contributed by atoms with Gasteiger partial charge in [-0.05, 0) is 47.4 Å². The van der Waals surface area contributed by atoms with Gasteiger partial charge in [0.25, 0.3) is 0 Å². The van der Waals surface area contributed by atoms with E-state index in [0.717, 1.165) is 17.9 Å². The SMILES string of the molecule is CN(OCC(=O)O)C(=O)C[C@H]1CC[C@@H](NC(=O)OCC2c3ccccc3-c3ccccc32)C1. The van der Waals surface area contributed by atoms with Crippen LogP contribution in [0.3, 0.4) is 0 Å². The van der Waals surface area contributed by atoms with Gasteiger partial charge in [-0.3, -0.25) is 9.63 Å². The Labute approximate surface area is 192 Å². The molecule has 8 nitrogen and oxygen atoms in total. The molecule has 2 aliphatic carbocycles. The van der Waals surface area contributed by atoms with E-state index in [9.17, 15) is 14.4 Å². The zero-order valence-corrected chi connectivity index (χ0v) is 18.5.